The number of nitrogens with zero attached hydrogens (tertiary/aromatic N) is 2. The highest BCUT2D eigenvalue weighted by Gasteiger charge is 2.38. The minimum Gasteiger partial charge on any atom is -0.475 e. The van der Waals surface area contributed by atoms with Gasteiger partial charge in [-0.1, -0.05) is 42.5 Å². The van der Waals surface area contributed by atoms with Crippen LogP contribution in [0.15, 0.2) is 73.2 Å². The number of carbonyl (C=O) groups is 1. The number of rotatable bonds is 2. The van der Waals surface area contributed by atoms with Gasteiger partial charge in [0.1, 0.15) is 0 Å². The van der Waals surface area contributed by atoms with Crippen molar-refractivity contribution in [1.82, 2.24) is 15.2 Å². The van der Waals surface area contributed by atoms with E-state index in [1.54, 1.807) is 6.20 Å². The molecule has 2 N–H and O–H groups in total. The molecule has 142 valence electrons. The first-order chi connectivity index (χ1) is 13.4. The summed E-state index contributed by atoms with van der Waals surface area (Å²) in [4.78, 5) is 13.3. The number of hydrogen-bond acceptors (Lipinski definition) is 3. The molecule has 0 aliphatic carbocycles. The molecule has 0 atom stereocenters. The van der Waals surface area contributed by atoms with Gasteiger partial charge in [0.05, 0.1) is 5.69 Å². The van der Waals surface area contributed by atoms with Crippen LogP contribution in [0.4, 0.5) is 13.2 Å². The van der Waals surface area contributed by atoms with E-state index in [9.17, 15) is 13.2 Å². The Morgan fingerprint density at radius 3 is 2.36 bits per heavy atom. The third-order valence-corrected chi connectivity index (χ3v) is 3.90. The fourth-order valence-corrected chi connectivity index (χ4v) is 2.62. The smallest absolute Gasteiger partial charge is 0.475 e. The summed E-state index contributed by atoms with van der Waals surface area (Å²) < 4.78 is 31.7. The monoisotopic (exact) mass is 385 g/mol. The summed E-state index contributed by atoms with van der Waals surface area (Å²) in [6.07, 6.45) is 0.507. The lowest BCUT2D eigenvalue weighted by atomic mass is 9.99. The van der Waals surface area contributed by atoms with E-state index in [1.807, 2.05) is 24.5 Å². The molecule has 4 aromatic rings. The van der Waals surface area contributed by atoms with Crippen molar-refractivity contribution >= 4 is 16.7 Å². The molecular weight excluding hydrogens is 371 g/mol. The predicted octanol–water partition coefficient (Wildman–Crippen LogP) is 4.93. The number of nitrogens with one attached hydrogen (secondary N) is 1. The second kappa shape index (κ2) is 7.91. The van der Waals surface area contributed by atoms with Gasteiger partial charge in [-0.25, -0.2) is 4.79 Å². The van der Waals surface area contributed by atoms with Crippen LogP contribution < -0.4 is 0 Å². The first kappa shape index (κ1) is 19.1. The number of benzene rings is 2. The van der Waals surface area contributed by atoms with Gasteiger partial charge in [-0.15, -0.1) is 0 Å². The largest absolute Gasteiger partial charge is 0.490 e. The Bertz CT molecular complexity index is 1090. The number of aromatic amines is 1. The number of fused-ring (bicyclic) bond motifs is 1. The molecule has 2 aromatic carbocycles. The van der Waals surface area contributed by atoms with Crippen molar-refractivity contribution in [3.05, 3.63) is 73.2 Å². The second-order valence-electron chi connectivity index (χ2n) is 5.76. The molecule has 0 radical (unpaired) electrons. The van der Waals surface area contributed by atoms with Crippen LogP contribution in [0, 0.1) is 0 Å². The number of alkyl halides is 3. The summed E-state index contributed by atoms with van der Waals surface area (Å²) in [7, 11) is 0. The molecule has 0 bridgehead atoms. The number of pyridine rings is 1. The van der Waals surface area contributed by atoms with E-state index in [2.05, 4.69) is 57.6 Å². The normalized spacial score (nSPS) is 11.0. The number of hydrogen-bond donors (Lipinski definition) is 2. The summed E-state index contributed by atoms with van der Waals surface area (Å²) in [5.41, 5.74) is 4.45. The average Bonchev–Trinajstić information content (AvgIpc) is 3.22. The third-order valence-electron chi connectivity index (χ3n) is 3.90. The Morgan fingerprint density at radius 1 is 0.964 bits per heavy atom. The van der Waals surface area contributed by atoms with Crippen molar-refractivity contribution in [3.63, 3.8) is 0 Å². The molecule has 0 saturated carbocycles. The summed E-state index contributed by atoms with van der Waals surface area (Å²) >= 11 is 0. The van der Waals surface area contributed by atoms with E-state index >= 15 is 0 Å². The van der Waals surface area contributed by atoms with Gasteiger partial charge < -0.3 is 5.11 Å². The molecule has 0 unspecified atom stereocenters. The third kappa shape index (κ3) is 4.35. The predicted molar refractivity (Wildman–Crippen MR) is 98.5 cm³/mol. The highest BCUT2D eigenvalue weighted by molar-refractivity contribution is 5.96. The van der Waals surface area contributed by atoms with Crippen LogP contribution in [0.2, 0.25) is 0 Å². The molecule has 2 heterocycles. The SMILES string of the molecule is O=C(O)C(F)(F)F.c1cc(-c2ccn[nH]2)cc(-c2cncc3ccccc23)c1. The van der Waals surface area contributed by atoms with Gasteiger partial charge in [-0.3, -0.25) is 10.1 Å². The number of aromatic nitrogens is 3. The average molecular weight is 385 g/mol. The molecule has 28 heavy (non-hydrogen) atoms. The summed E-state index contributed by atoms with van der Waals surface area (Å²) in [5.74, 6) is -2.76. The fraction of sp³-hybridized carbons (Fsp3) is 0.0500. The molecule has 0 aliphatic rings. The van der Waals surface area contributed by atoms with Gasteiger partial charge in [0.15, 0.2) is 0 Å². The molecule has 0 spiro atoms. The maximum atomic E-state index is 10.6. The van der Waals surface area contributed by atoms with Crippen molar-refractivity contribution in [3.8, 4) is 22.4 Å². The van der Waals surface area contributed by atoms with Gasteiger partial charge in [0, 0.05) is 35.1 Å². The lowest BCUT2D eigenvalue weighted by molar-refractivity contribution is -0.192. The Balaban J connectivity index is 0.000000279. The first-order valence-corrected chi connectivity index (χ1v) is 8.09. The Labute approximate surface area is 157 Å². The summed E-state index contributed by atoms with van der Waals surface area (Å²) in [6, 6.07) is 18.7. The Hall–Kier alpha value is -3.68. The second-order valence-corrected chi connectivity index (χ2v) is 5.76. The van der Waals surface area contributed by atoms with E-state index in [1.165, 1.54) is 5.39 Å². The number of aliphatic carboxylic acids is 1. The molecular formula is C20H14F3N3O2. The minimum absolute atomic E-state index is 1.02. The van der Waals surface area contributed by atoms with Gasteiger partial charge in [0.2, 0.25) is 0 Å². The highest BCUT2D eigenvalue weighted by Crippen LogP contribution is 2.30. The highest BCUT2D eigenvalue weighted by atomic mass is 19.4. The Morgan fingerprint density at radius 2 is 1.68 bits per heavy atom. The minimum atomic E-state index is -5.08. The van der Waals surface area contributed by atoms with Crippen molar-refractivity contribution in [2.24, 2.45) is 0 Å². The van der Waals surface area contributed by atoms with Gasteiger partial charge in [-0.2, -0.15) is 18.3 Å². The quantitative estimate of drug-likeness (QED) is 0.513. The molecule has 0 saturated heterocycles. The van der Waals surface area contributed by atoms with Crippen LogP contribution in [0.5, 0.6) is 0 Å². The molecule has 4 rings (SSSR count). The number of H-pyrrole nitrogens is 1. The van der Waals surface area contributed by atoms with Crippen molar-refractivity contribution < 1.29 is 23.1 Å². The van der Waals surface area contributed by atoms with E-state index in [-0.39, 0.29) is 0 Å². The zero-order valence-electron chi connectivity index (χ0n) is 14.3. The summed E-state index contributed by atoms with van der Waals surface area (Å²) in [5, 5.41) is 16.5. The van der Waals surface area contributed by atoms with Gasteiger partial charge in [0.25, 0.3) is 0 Å². The first-order valence-electron chi connectivity index (χ1n) is 8.09. The van der Waals surface area contributed by atoms with Crippen LogP contribution in [-0.2, 0) is 4.79 Å². The molecule has 8 heteroatoms. The fourth-order valence-electron chi connectivity index (χ4n) is 2.62. The number of halogens is 3. The summed E-state index contributed by atoms with van der Waals surface area (Å²) in [6.45, 7) is 0. The molecule has 0 fully saturated rings. The number of carboxylic acid groups (broad SMARTS) is 1. The maximum Gasteiger partial charge on any atom is 0.490 e. The van der Waals surface area contributed by atoms with E-state index in [0.717, 1.165) is 27.8 Å². The zero-order chi connectivity index (χ0) is 20.1. The number of carboxylic acids is 1. The molecule has 5 nitrogen and oxygen atoms in total. The lowest BCUT2D eigenvalue weighted by Gasteiger charge is -2.07. The van der Waals surface area contributed by atoms with Crippen molar-refractivity contribution in [2.75, 3.05) is 0 Å². The Kier molecular flexibility index (Phi) is 5.39. The van der Waals surface area contributed by atoms with Gasteiger partial charge in [-0.05, 0) is 23.1 Å². The lowest BCUT2D eigenvalue weighted by Crippen LogP contribution is -2.21. The standard InChI is InChI=1S/C18H13N3.C2HF3O2/c1-2-7-16-15(4-1)11-19-12-17(16)13-5-3-6-14(10-13)18-8-9-20-21-18;3-2(4,5)1(6)7/h1-12H,(H,20,21);(H,6,7). The van der Waals surface area contributed by atoms with E-state index < -0.39 is 12.1 Å². The van der Waals surface area contributed by atoms with Crippen LogP contribution in [-0.4, -0.2) is 32.4 Å². The molecule has 0 amide bonds. The van der Waals surface area contributed by atoms with Crippen LogP contribution >= 0.6 is 0 Å². The molecule has 2 aromatic heterocycles. The zero-order valence-corrected chi connectivity index (χ0v) is 14.3. The van der Waals surface area contributed by atoms with Crippen molar-refractivity contribution in [1.29, 1.82) is 0 Å². The topological polar surface area (TPSA) is 78.9 Å². The van der Waals surface area contributed by atoms with Gasteiger partial charge >= 0.3 is 12.1 Å². The van der Waals surface area contributed by atoms with Crippen LogP contribution in [0.1, 0.15) is 0 Å². The van der Waals surface area contributed by atoms with E-state index in [4.69, 9.17) is 9.90 Å². The van der Waals surface area contributed by atoms with E-state index in [0.29, 0.717) is 0 Å². The van der Waals surface area contributed by atoms with Crippen molar-refractivity contribution in [2.45, 2.75) is 6.18 Å². The van der Waals surface area contributed by atoms with Crippen LogP contribution in [0.3, 0.4) is 0 Å². The molecule has 0 aliphatic heterocycles. The van der Waals surface area contributed by atoms with Crippen LogP contribution in [0.25, 0.3) is 33.2 Å². The maximum absolute atomic E-state index is 10.6.